The minimum atomic E-state index is -1.62. The van der Waals surface area contributed by atoms with Crippen LogP contribution < -0.4 is 25.4 Å². The summed E-state index contributed by atoms with van der Waals surface area (Å²) in [5.74, 6) is 0. The van der Waals surface area contributed by atoms with Crippen molar-refractivity contribution in [1.29, 1.82) is 0 Å². The van der Waals surface area contributed by atoms with Gasteiger partial charge in [0.2, 0.25) is 0 Å². The monoisotopic (exact) mass is 1130 g/mol. The zero-order valence-corrected chi connectivity index (χ0v) is 52.8. The molecule has 0 spiro atoms. The molecule has 0 saturated heterocycles. The molecule has 0 radical (unpaired) electrons. The van der Waals surface area contributed by atoms with Gasteiger partial charge in [-0.1, -0.05) is 238 Å². The number of furan rings is 2. The maximum atomic E-state index is 7.35. The van der Waals surface area contributed by atoms with Gasteiger partial charge in [-0.3, -0.25) is 0 Å². The molecule has 14 rings (SSSR count). The molecule has 14 aromatic rings. The molecular weight excluding hydrogens is 1060 g/mol. The van der Waals surface area contributed by atoms with E-state index in [0.29, 0.717) is 0 Å². The summed E-state index contributed by atoms with van der Waals surface area (Å²) in [6.45, 7) is 28.4. The van der Waals surface area contributed by atoms with Gasteiger partial charge in [0, 0.05) is 54.8 Å². The van der Waals surface area contributed by atoms with Gasteiger partial charge in [-0.05, 0) is 113 Å². The second-order valence-electron chi connectivity index (χ2n) is 26.3. The van der Waals surface area contributed by atoms with Crippen molar-refractivity contribution in [3.05, 3.63) is 223 Å². The summed E-state index contributed by atoms with van der Waals surface area (Å²) in [5, 5.41) is 15.9. The maximum absolute atomic E-state index is 7.35. The summed E-state index contributed by atoms with van der Waals surface area (Å²) < 4.78 is 14.6. The van der Waals surface area contributed by atoms with E-state index in [0.717, 1.165) is 89.1 Å². The number of rotatable bonds is 11. The van der Waals surface area contributed by atoms with Crippen LogP contribution in [0.1, 0.15) is 16.7 Å². The number of aryl methyl sites for hydroxylation is 3. The second kappa shape index (κ2) is 19.3. The lowest BCUT2D eigenvalue weighted by Gasteiger charge is -2.30. The molecule has 0 fully saturated rings. The molecule has 7 heteroatoms. The van der Waals surface area contributed by atoms with Crippen molar-refractivity contribution in [3.8, 4) is 22.3 Å². The predicted octanol–water partition coefficient (Wildman–Crippen LogP) is 21.2. The summed E-state index contributed by atoms with van der Waals surface area (Å²) in [6, 6.07) is 77.7. The van der Waals surface area contributed by atoms with Crippen molar-refractivity contribution in [2.75, 3.05) is 9.80 Å². The molecule has 0 atom stereocenters. The van der Waals surface area contributed by atoms with Crippen LogP contribution in [0.5, 0.6) is 0 Å². The van der Waals surface area contributed by atoms with Gasteiger partial charge in [-0.2, -0.15) is 0 Å². The van der Waals surface area contributed by atoms with Crippen LogP contribution in [0.4, 0.5) is 34.1 Å². The summed E-state index contributed by atoms with van der Waals surface area (Å²) in [5.41, 5.74) is 18.3. The van der Waals surface area contributed by atoms with Crippen LogP contribution in [0.15, 0.2) is 215 Å². The van der Waals surface area contributed by atoms with E-state index in [-0.39, 0.29) is 0 Å². The van der Waals surface area contributed by atoms with E-state index in [9.17, 15) is 0 Å². The van der Waals surface area contributed by atoms with Crippen LogP contribution >= 0.6 is 0 Å². The first-order chi connectivity index (χ1) is 39.8. The summed E-state index contributed by atoms with van der Waals surface area (Å²) in [4.78, 5) is 4.91. The third-order valence-corrected chi connectivity index (χ3v) is 23.8. The first kappa shape index (κ1) is 52.6. The lowest BCUT2D eigenvalue weighted by Crippen LogP contribution is -2.37. The highest BCUT2D eigenvalue weighted by Gasteiger charge is 2.29. The Bertz CT molecular complexity index is 4890. The smallest absolute Gasteiger partial charge is 0.159 e. The number of hydrogen-bond acceptors (Lipinski definition) is 4. The quantitative estimate of drug-likeness (QED) is 0.0954. The Balaban J connectivity index is 0.995. The summed E-state index contributed by atoms with van der Waals surface area (Å²) in [6.07, 6.45) is 0. The zero-order chi connectivity index (χ0) is 57.4. The molecule has 0 aliphatic heterocycles. The van der Waals surface area contributed by atoms with Crippen molar-refractivity contribution >= 4 is 150 Å². The number of para-hydroxylation sites is 4. The van der Waals surface area contributed by atoms with Crippen molar-refractivity contribution in [3.63, 3.8) is 0 Å². The third kappa shape index (κ3) is 8.74. The van der Waals surface area contributed by atoms with Crippen molar-refractivity contribution in [2.24, 2.45) is 0 Å². The van der Waals surface area contributed by atoms with Gasteiger partial charge in [0.05, 0.1) is 47.0 Å². The predicted molar refractivity (Wildman–Crippen MR) is 368 cm³/mol. The van der Waals surface area contributed by atoms with Crippen LogP contribution in [0.2, 0.25) is 58.9 Å². The molecule has 83 heavy (non-hydrogen) atoms. The van der Waals surface area contributed by atoms with Gasteiger partial charge in [-0.15, -0.1) is 0 Å². The van der Waals surface area contributed by atoms with E-state index in [1.54, 1.807) is 0 Å². The average molecular weight is 1130 g/mol. The van der Waals surface area contributed by atoms with Crippen LogP contribution in [0, 0.1) is 20.8 Å². The van der Waals surface area contributed by atoms with Crippen molar-refractivity contribution in [1.82, 2.24) is 0 Å². The molecular formula is C76H70N2O2Si3. The van der Waals surface area contributed by atoms with Crippen molar-refractivity contribution < 1.29 is 8.83 Å². The fourth-order valence-electron chi connectivity index (χ4n) is 13.1. The highest BCUT2D eigenvalue weighted by Crippen LogP contribution is 2.51. The first-order valence-electron chi connectivity index (χ1n) is 29.4. The second-order valence-corrected chi connectivity index (χ2v) is 41.6. The highest BCUT2D eigenvalue weighted by atomic mass is 28.3. The average Bonchev–Trinajstić information content (AvgIpc) is 3.51. The van der Waals surface area contributed by atoms with E-state index in [1.165, 1.54) is 75.7 Å². The third-order valence-electron chi connectivity index (χ3n) is 17.6. The lowest BCUT2D eigenvalue weighted by atomic mass is 9.91. The number of nitrogens with zero attached hydrogens (tertiary/aromatic N) is 2. The van der Waals surface area contributed by atoms with Crippen LogP contribution in [-0.4, -0.2) is 24.2 Å². The van der Waals surface area contributed by atoms with Gasteiger partial charge >= 0.3 is 0 Å². The Hall–Kier alpha value is -8.47. The van der Waals surface area contributed by atoms with Gasteiger partial charge in [0.1, 0.15) is 11.2 Å². The lowest BCUT2D eigenvalue weighted by molar-refractivity contribution is 0.670. The Morgan fingerprint density at radius 2 is 0.663 bits per heavy atom. The van der Waals surface area contributed by atoms with E-state index in [1.807, 2.05) is 0 Å². The van der Waals surface area contributed by atoms with Gasteiger partial charge in [0.15, 0.2) is 11.2 Å². The fourth-order valence-corrected chi connectivity index (χ4v) is 16.7. The minimum Gasteiger partial charge on any atom is -0.453 e. The van der Waals surface area contributed by atoms with Crippen molar-refractivity contribution in [2.45, 2.75) is 79.7 Å². The molecule has 408 valence electrons. The van der Waals surface area contributed by atoms with Crippen LogP contribution in [0.25, 0.3) is 98.4 Å². The normalized spacial score (nSPS) is 12.6. The standard InChI is InChI=1S/C76H70N2O2Si3/c1-47-25-39-57(48(2)45-47)59-17-13-19-61-63-21-15-23-69(75(63)79-73(59)61)77(52-30-34-54(35-31-52)81(4,5)6)67-43-28-50-27-41-66-68(44-29-51-26-40-65(67)71(50)72(51)66)78(53-32-36-55(37-33-53)82(7,8)9)70-24-16-22-64-62-20-14-18-60(74(62)80-76(64)70)58-42-38-56(46-49(58)3)83(10,11)12/h13-46H,1-12H3. The molecule has 0 unspecified atom stereocenters. The largest absolute Gasteiger partial charge is 0.453 e. The molecule has 0 aliphatic rings. The Morgan fingerprint density at radius 1 is 0.289 bits per heavy atom. The van der Waals surface area contributed by atoms with Gasteiger partial charge in [-0.25, -0.2) is 0 Å². The van der Waals surface area contributed by atoms with E-state index < -0.39 is 24.2 Å². The Morgan fingerprint density at radius 3 is 1.07 bits per heavy atom. The zero-order valence-electron chi connectivity index (χ0n) is 49.8. The molecule has 0 N–H and O–H groups in total. The Kier molecular flexibility index (Phi) is 12.2. The summed E-state index contributed by atoms with van der Waals surface area (Å²) in [7, 11) is -4.76. The molecule has 2 heterocycles. The molecule has 4 nitrogen and oxygen atoms in total. The number of benzene rings is 12. The maximum Gasteiger partial charge on any atom is 0.159 e. The molecule has 2 aromatic heterocycles. The molecule has 12 aromatic carbocycles. The van der Waals surface area contributed by atoms with E-state index in [4.69, 9.17) is 8.83 Å². The molecule has 0 aliphatic carbocycles. The highest BCUT2D eigenvalue weighted by molar-refractivity contribution is 6.89. The van der Waals surface area contributed by atoms with Gasteiger partial charge in [0.25, 0.3) is 0 Å². The number of hydrogen-bond donors (Lipinski definition) is 0. The topological polar surface area (TPSA) is 32.8 Å². The van der Waals surface area contributed by atoms with Crippen LogP contribution in [0.3, 0.4) is 0 Å². The first-order valence-corrected chi connectivity index (χ1v) is 39.9. The van der Waals surface area contributed by atoms with E-state index in [2.05, 4.69) is 296 Å². The molecule has 0 saturated carbocycles. The minimum absolute atomic E-state index is 0.861. The molecule has 0 amide bonds. The van der Waals surface area contributed by atoms with Crippen LogP contribution in [-0.2, 0) is 0 Å². The summed E-state index contributed by atoms with van der Waals surface area (Å²) >= 11 is 0. The number of fused-ring (bicyclic) bond motifs is 6. The van der Waals surface area contributed by atoms with Gasteiger partial charge < -0.3 is 18.6 Å². The number of anilines is 6. The SMILES string of the molecule is Cc1ccc(-c2cccc3c2oc2c(N(c4ccc([Si](C)(C)C)cc4)c4ccc5ccc6c(N(c7ccc([Si](C)(C)C)cc7)c7cccc8c7oc7c(-c9ccc([Si](C)(C)C)cc9C)cccc78)ccc7ccc4c5c76)cccc23)c(C)c1. The van der Waals surface area contributed by atoms with E-state index >= 15 is 0 Å². The Labute approximate surface area is 490 Å². The fraction of sp³-hybridized carbons (Fsp3) is 0.158. The molecule has 0 bridgehead atoms.